The minimum Gasteiger partial charge on any atom is -0.300 e. The molecule has 1 atom stereocenters. The minimum absolute atomic E-state index is 0.506. The van der Waals surface area contributed by atoms with E-state index in [0.717, 1.165) is 25.2 Å². The predicted molar refractivity (Wildman–Crippen MR) is 55.7 cm³/mol. The largest absolute Gasteiger partial charge is 0.300 e. The van der Waals surface area contributed by atoms with E-state index in [4.69, 9.17) is 0 Å². The fraction of sp³-hybridized carbons (Fsp3) is 0.917. The Bertz CT molecular complexity index is 151. The molecule has 0 N–H and O–H groups in total. The SMILES string of the molecule is CCCCCCC1CCCC(=O)C1. The van der Waals surface area contributed by atoms with E-state index in [1.807, 2.05) is 0 Å². The maximum absolute atomic E-state index is 11.2. The molecule has 0 amide bonds. The van der Waals surface area contributed by atoms with Crippen molar-refractivity contribution in [3.63, 3.8) is 0 Å². The standard InChI is InChI=1S/C12H22O/c1-2-3-4-5-7-11-8-6-9-12(13)10-11/h11H,2-10H2,1H3. The van der Waals surface area contributed by atoms with Crippen molar-refractivity contribution in [2.75, 3.05) is 0 Å². The molecule has 0 radical (unpaired) electrons. The fourth-order valence-electron chi connectivity index (χ4n) is 2.22. The number of carbonyl (C=O) groups excluding carboxylic acids is 1. The first-order valence-electron chi connectivity index (χ1n) is 5.84. The number of hydrogen-bond acceptors (Lipinski definition) is 1. The van der Waals surface area contributed by atoms with Crippen molar-refractivity contribution in [3.05, 3.63) is 0 Å². The first-order valence-corrected chi connectivity index (χ1v) is 5.84. The molecule has 0 aromatic carbocycles. The summed E-state index contributed by atoms with van der Waals surface area (Å²) < 4.78 is 0. The summed E-state index contributed by atoms with van der Waals surface area (Å²) in [6.45, 7) is 2.24. The molecule has 1 saturated carbocycles. The second-order valence-corrected chi connectivity index (χ2v) is 4.35. The van der Waals surface area contributed by atoms with Crippen LogP contribution in [0, 0.1) is 5.92 Å². The highest BCUT2D eigenvalue weighted by molar-refractivity contribution is 5.79. The second-order valence-electron chi connectivity index (χ2n) is 4.35. The normalized spacial score (nSPS) is 23.5. The van der Waals surface area contributed by atoms with Crippen LogP contribution >= 0.6 is 0 Å². The summed E-state index contributed by atoms with van der Waals surface area (Å²) in [7, 11) is 0. The zero-order valence-corrected chi connectivity index (χ0v) is 8.85. The Balaban J connectivity index is 2.03. The van der Waals surface area contributed by atoms with E-state index in [-0.39, 0.29) is 0 Å². The lowest BCUT2D eigenvalue weighted by molar-refractivity contribution is -0.121. The zero-order valence-electron chi connectivity index (χ0n) is 8.85. The minimum atomic E-state index is 0.506. The summed E-state index contributed by atoms with van der Waals surface area (Å²) in [6, 6.07) is 0. The number of ketones is 1. The van der Waals surface area contributed by atoms with Gasteiger partial charge in [0, 0.05) is 12.8 Å². The first kappa shape index (κ1) is 10.7. The molecule has 0 saturated heterocycles. The Labute approximate surface area is 81.9 Å². The second kappa shape index (κ2) is 6.17. The van der Waals surface area contributed by atoms with Crippen LogP contribution in [0.15, 0.2) is 0 Å². The van der Waals surface area contributed by atoms with Gasteiger partial charge >= 0.3 is 0 Å². The van der Waals surface area contributed by atoms with E-state index in [1.54, 1.807) is 0 Å². The highest BCUT2D eigenvalue weighted by atomic mass is 16.1. The number of unbranched alkanes of at least 4 members (excludes halogenated alkanes) is 3. The van der Waals surface area contributed by atoms with Gasteiger partial charge in [0.2, 0.25) is 0 Å². The van der Waals surface area contributed by atoms with Crippen molar-refractivity contribution < 1.29 is 4.79 Å². The molecule has 0 bridgehead atoms. The van der Waals surface area contributed by atoms with Gasteiger partial charge < -0.3 is 0 Å². The van der Waals surface area contributed by atoms with E-state index >= 15 is 0 Å². The smallest absolute Gasteiger partial charge is 0.133 e. The van der Waals surface area contributed by atoms with Gasteiger partial charge in [-0.2, -0.15) is 0 Å². The summed E-state index contributed by atoms with van der Waals surface area (Å²) in [6.07, 6.45) is 10.9. The lowest BCUT2D eigenvalue weighted by atomic mass is 9.85. The lowest BCUT2D eigenvalue weighted by Crippen LogP contribution is -2.14. The summed E-state index contributed by atoms with van der Waals surface area (Å²) >= 11 is 0. The lowest BCUT2D eigenvalue weighted by Gasteiger charge is -2.20. The Kier molecular flexibility index (Phi) is 5.10. The molecule has 0 aromatic rings. The molecule has 76 valence electrons. The van der Waals surface area contributed by atoms with E-state index in [9.17, 15) is 4.79 Å². The van der Waals surface area contributed by atoms with Crippen molar-refractivity contribution in [1.29, 1.82) is 0 Å². The highest BCUT2D eigenvalue weighted by Gasteiger charge is 2.18. The quantitative estimate of drug-likeness (QED) is 0.592. The van der Waals surface area contributed by atoms with Gasteiger partial charge in [-0.15, -0.1) is 0 Å². The summed E-state index contributed by atoms with van der Waals surface area (Å²) in [5.41, 5.74) is 0. The predicted octanol–water partition coefficient (Wildman–Crippen LogP) is 3.72. The van der Waals surface area contributed by atoms with Gasteiger partial charge in [-0.05, 0) is 18.8 Å². The molecule has 0 aromatic heterocycles. The molecule has 1 fully saturated rings. The molecule has 0 aliphatic heterocycles. The van der Waals surface area contributed by atoms with Crippen LogP contribution in [0.3, 0.4) is 0 Å². The van der Waals surface area contributed by atoms with Crippen LogP contribution in [0.2, 0.25) is 0 Å². The number of rotatable bonds is 5. The van der Waals surface area contributed by atoms with Gasteiger partial charge in [0.1, 0.15) is 5.78 Å². The monoisotopic (exact) mass is 182 g/mol. The van der Waals surface area contributed by atoms with Crippen LogP contribution in [-0.2, 0) is 4.79 Å². The first-order chi connectivity index (χ1) is 6.33. The Morgan fingerprint density at radius 2 is 2.15 bits per heavy atom. The van der Waals surface area contributed by atoms with Crippen LogP contribution in [0.4, 0.5) is 0 Å². The maximum atomic E-state index is 11.2. The topological polar surface area (TPSA) is 17.1 Å². The van der Waals surface area contributed by atoms with Gasteiger partial charge in [-0.1, -0.05) is 39.0 Å². The van der Waals surface area contributed by atoms with Crippen molar-refractivity contribution in [1.82, 2.24) is 0 Å². The van der Waals surface area contributed by atoms with Crippen molar-refractivity contribution >= 4 is 5.78 Å². The van der Waals surface area contributed by atoms with Crippen molar-refractivity contribution in [2.45, 2.75) is 64.7 Å². The molecule has 1 aliphatic rings. The van der Waals surface area contributed by atoms with Crippen LogP contribution in [0.5, 0.6) is 0 Å². The maximum Gasteiger partial charge on any atom is 0.133 e. The Hall–Kier alpha value is -0.330. The molecule has 0 spiro atoms. The van der Waals surface area contributed by atoms with Crippen LogP contribution < -0.4 is 0 Å². The van der Waals surface area contributed by atoms with E-state index in [1.165, 1.54) is 38.5 Å². The van der Waals surface area contributed by atoms with Gasteiger partial charge in [0.25, 0.3) is 0 Å². The molecule has 1 heteroatoms. The molecule has 0 heterocycles. The van der Waals surface area contributed by atoms with E-state index < -0.39 is 0 Å². The van der Waals surface area contributed by atoms with Gasteiger partial charge in [0.05, 0.1) is 0 Å². The fourth-order valence-corrected chi connectivity index (χ4v) is 2.22. The van der Waals surface area contributed by atoms with Crippen molar-refractivity contribution in [2.24, 2.45) is 5.92 Å². The third kappa shape index (κ3) is 4.44. The third-order valence-electron chi connectivity index (χ3n) is 3.05. The summed E-state index contributed by atoms with van der Waals surface area (Å²) in [5.74, 6) is 1.24. The molecule has 1 unspecified atom stereocenters. The molecule has 1 nitrogen and oxygen atoms in total. The van der Waals surface area contributed by atoms with Gasteiger partial charge in [-0.25, -0.2) is 0 Å². The molecular weight excluding hydrogens is 160 g/mol. The molecule has 1 rings (SSSR count). The van der Waals surface area contributed by atoms with Crippen LogP contribution in [0.25, 0.3) is 0 Å². The van der Waals surface area contributed by atoms with E-state index in [2.05, 4.69) is 6.92 Å². The molecule has 1 aliphatic carbocycles. The number of carbonyl (C=O) groups is 1. The van der Waals surface area contributed by atoms with Crippen molar-refractivity contribution in [3.8, 4) is 0 Å². The van der Waals surface area contributed by atoms with Gasteiger partial charge in [0.15, 0.2) is 0 Å². The third-order valence-corrected chi connectivity index (χ3v) is 3.05. The average Bonchev–Trinajstić information content (AvgIpc) is 2.13. The van der Waals surface area contributed by atoms with Gasteiger partial charge in [-0.3, -0.25) is 4.79 Å². The Morgan fingerprint density at radius 1 is 1.31 bits per heavy atom. The molecule has 13 heavy (non-hydrogen) atoms. The number of Topliss-reactive ketones (excluding diaryl/α,β-unsaturated/α-hetero) is 1. The average molecular weight is 182 g/mol. The molecular formula is C12H22O. The van der Waals surface area contributed by atoms with E-state index in [0.29, 0.717) is 5.78 Å². The zero-order chi connectivity index (χ0) is 9.52. The van der Waals surface area contributed by atoms with Crippen LogP contribution in [-0.4, -0.2) is 5.78 Å². The van der Waals surface area contributed by atoms with Crippen LogP contribution in [0.1, 0.15) is 64.7 Å². The highest BCUT2D eigenvalue weighted by Crippen LogP contribution is 2.26. The summed E-state index contributed by atoms with van der Waals surface area (Å²) in [5, 5.41) is 0. The number of hydrogen-bond donors (Lipinski definition) is 0. The summed E-state index contributed by atoms with van der Waals surface area (Å²) in [4.78, 5) is 11.2. The Morgan fingerprint density at radius 3 is 2.85 bits per heavy atom.